The molecule has 2 N–H and O–H groups in total. The zero-order valence-electron chi connectivity index (χ0n) is 24.9. The van der Waals surface area contributed by atoms with Gasteiger partial charge in [-0.05, 0) is 90.5 Å². The highest BCUT2D eigenvalue weighted by molar-refractivity contribution is 7.59. The Balaban J connectivity index is 1.07. The van der Waals surface area contributed by atoms with E-state index in [1.54, 1.807) is 0 Å². The topological polar surface area (TPSA) is 102 Å². The van der Waals surface area contributed by atoms with Crippen LogP contribution in [0.15, 0.2) is 78.9 Å². The summed E-state index contributed by atoms with van der Waals surface area (Å²) in [6.45, 7) is 0.145. The van der Waals surface area contributed by atoms with E-state index in [1.807, 2.05) is 54.6 Å². The molecule has 3 aromatic rings. The van der Waals surface area contributed by atoms with Crippen molar-refractivity contribution in [3.63, 3.8) is 0 Å². The quantitative estimate of drug-likeness (QED) is 0.215. The van der Waals surface area contributed by atoms with Crippen LogP contribution in [0.3, 0.4) is 0 Å². The lowest BCUT2D eigenvalue weighted by atomic mass is 9.54. The highest BCUT2D eigenvalue weighted by atomic mass is 31.2. The summed E-state index contributed by atoms with van der Waals surface area (Å²) in [5.74, 6) is -0.283. The number of carboxylic acids is 1. The normalized spacial score (nSPS) is 26.8. The van der Waals surface area contributed by atoms with Gasteiger partial charge >= 0.3 is 12.1 Å². The lowest BCUT2D eigenvalue weighted by Gasteiger charge is -2.56. The van der Waals surface area contributed by atoms with Crippen LogP contribution in [-0.2, 0) is 25.0 Å². The van der Waals surface area contributed by atoms with Gasteiger partial charge in [-0.15, -0.1) is 0 Å². The number of benzene rings is 3. The molecule has 0 aromatic heterocycles. The molecule has 2 atom stereocenters. The van der Waals surface area contributed by atoms with Gasteiger partial charge in [0, 0.05) is 12.1 Å². The third kappa shape index (κ3) is 5.97. The van der Waals surface area contributed by atoms with E-state index in [9.17, 15) is 19.3 Å². The second kappa shape index (κ2) is 11.8. The number of hydrogen-bond acceptors (Lipinski definition) is 5. The van der Waals surface area contributed by atoms with Crippen LogP contribution >= 0.6 is 7.37 Å². The monoisotopic (exact) mass is 613 g/mol. The molecule has 0 aliphatic heterocycles. The van der Waals surface area contributed by atoms with E-state index >= 15 is 0 Å². The molecule has 5 aliphatic carbocycles. The zero-order valence-corrected chi connectivity index (χ0v) is 25.8. The summed E-state index contributed by atoms with van der Waals surface area (Å²) in [5.41, 5.74) is 4.88. The molecular formula is C36H40NO6P. The summed E-state index contributed by atoms with van der Waals surface area (Å²) in [5, 5.41) is 12.9. The van der Waals surface area contributed by atoms with Crippen molar-refractivity contribution in [3.05, 3.63) is 95.6 Å². The van der Waals surface area contributed by atoms with Crippen molar-refractivity contribution < 1.29 is 28.5 Å². The van der Waals surface area contributed by atoms with Crippen LogP contribution in [0.4, 0.5) is 4.79 Å². The zero-order chi connectivity index (χ0) is 30.3. The Morgan fingerprint density at radius 1 is 0.841 bits per heavy atom. The lowest BCUT2D eigenvalue weighted by Crippen LogP contribution is -2.52. The molecule has 0 saturated heterocycles. The van der Waals surface area contributed by atoms with E-state index in [2.05, 4.69) is 29.6 Å². The fraction of sp³-hybridized carbons (Fsp3) is 0.444. The molecule has 0 spiro atoms. The van der Waals surface area contributed by atoms with Gasteiger partial charge in [0.25, 0.3) is 0 Å². The van der Waals surface area contributed by atoms with Crippen LogP contribution in [0.25, 0.3) is 11.1 Å². The van der Waals surface area contributed by atoms with Crippen LogP contribution in [-0.4, -0.2) is 41.8 Å². The highest BCUT2D eigenvalue weighted by Crippen LogP contribution is 2.63. The van der Waals surface area contributed by atoms with Crippen LogP contribution < -0.4 is 5.32 Å². The Morgan fingerprint density at radius 3 is 1.95 bits per heavy atom. The van der Waals surface area contributed by atoms with Gasteiger partial charge in [-0.3, -0.25) is 9.36 Å². The summed E-state index contributed by atoms with van der Waals surface area (Å²) in [6.07, 6.45) is 5.40. The molecule has 8 heteroatoms. The molecule has 230 valence electrons. The fourth-order valence-corrected chi connectivity index (χ4v) is 11.5. The second-order valence-electron chi connectivity index (χ2n) is 13.6. The number of fused-ring (bicyclic) bond motifs is 3. The SMILES string of the molecule is O=C(NCP(=O)(CC(Cc1ccccc1)C(=O)O)OC12CC3CC(CC(C3)C1)C2)OCC1c2ccccc2-c2ccccc21. The fourth-order valence-electron chi connectivity index (χ4n) is 8.93. The summed E-state index contributed by atoms with van der Waals surface area (Å²) in [4.78, 5) is 25.6. The Kier molecular flexibility index (Phi) is 7.88. The molecule has 3 aromatic carbocycles. The van der Waals surface area contributed by atoms with E-state index in [1.165, 1.54) is 19.3 Å². The van der Waals surface area contributed by atoms with Gasteiger partial charge in [-0.1, -0.05) is 78.9 Å². The maximum atomic E-state index is 14.7. The average molecular weight is 614 g/mol. The van der Waals surface area contributed by atoms with E-state index in [4.69, 9.17) is 9.26 Å². The van der Waals surface area contributed by atoms with E-state index < -0.39 is 31.0 Å². The summed E-state index contributed by atoms with van der Waals surface area (Å²) in [7, 11) is -3.62. The number of hydrogen-bond donors (Lipinski definition) is 2. The predicted molar refractivity (Wildman–Crippen MR) is 169 cm³/mol. The minimum absolute atomic E-state index is 0.0921. The molecule has 4 fully saturated rings. The number of carbonyl (C=O) groups excluding carboxylic acids is 1. The van der Waals surface area contributed by atoms with Crippen LogP contribution in [0.1, 0.15) is 61.1 Å². The molecular weight excluding hydrogens is 573 g/mol. The molecule has 44 heavy (non-hydrogen) atoms. The predicted octanol–water partition coefficient (Wildman–Crippen LogP) is 7.69. The maximum Gasteiger partial charge on any atom is 0.407 e. The molecule has 2 unspecified atom stereocenters. The highest BCUT2D eigenvalue weighted by Gasteiger charge is 2.54. The van der Waals surface area contributed by atoms with Gasteiger partial charge in [0.2, 0.25) is 7.37 Å². The Labute approximate surface area is 258 Å². The van der Waals surface area contributed by atoms with Crippen molar-refractivity contribution in [2.24, 2.45) is 23.7 Å². The molecule has 0 radical (unpaired) electrons. The summed E-state index contributed by atoms with van der Waals surface area (Å²) >= 11 is 0. The molecule has 8 rings (SSSR count). The van der Waals surface area contributed by atoms with Crippen molar-refractivity contribution >= 4 is 19.4 Å². The number of rotatable bonds is 11. The van der Waals surface area contributed by atoms with Crippen LogP contribution in [0, 0.1) is 23.7 Å². The molecule has 0 heterocycles. The molecule has 1 amide bonds. The lowest BCUT2D eigenvalue weighted by molar-refractivity contribution is -0.141. The van der Waals surface area contributed by atoms with Gasteiger partial charge in [-0.2, -0.15) is 0 Å². The first-order valence-electron chi connectivity index (χ1n) is 15.9. The average Bonchev–Trinajstić information content (AvgIpc) is 3.32. The van der Waals surface area contributed by atoms with Crippen LogP contribution in [0.5, 0.6) is 0 Å². The van der Waals surface area contributed by atoms with Gasteiger partial charge < -0.3 is 19.7 Å². The molecule has 7 nitrogen and oxygen atoms in total. The largest absolute Gasteiger partial charge is 0.481 e. The number of alkyl carbamates (subject to hydrolysis) is 1. The van der Waals surface area contributed by atoms with Gasteiger partial charge in [-0.25, -0.2) is 4.79 Å². The minimum Gasteiger partial charge on any atom is -0.481 e. The van der Waals surface area contributed by atoms with Crippen LogP contribution in [0.2, 0.25) is 0 Å². The van der Waals surface area contributed by atoms with Crippen molar-refractivity contribution in [1.82, 2.24) is 5.32 Å². The van der Waals surface area contributed by atoms with Crippen molar-refractivity contribution in [1.29, 1.82) is 0 Å². The molecule has 5 aliphatic rings. The number of carboxylic acid groups (broad SMARTS) is 1. The Morgan fingerprint density at radius 2 is 1.39 bits per heavy atom. The van der Waals surface area contributed by atoms with Gasteiger partial charge in [0.1, 0.15) is 6.61 Å². The summed E-state index contributed by atoms with van der Waals surface area (Å²) < 4.78 is 27.2. The smallest absolute Gasteiger partial charge is 0.407 e. The van der Waals surface area contributed by atoms with Crippen molar-refractivity contribution in [2.45, 2.75) is 56.5 Å². The van der Waals surface area contributed by atoms with E-state index in [0.717, 1.165) is 47.1 Å². The Hall–Kier alpha value is -3.41. The third-order valence-corrected chi connectivity index (χ3v) is 12.7. The first kappa shape index (κ1) is 29.3. The maximum absolute atomic E-state index is 14.7. The number of aliphatic carboxylic acids is 1. The van der Waals surface area contributed by atoms with E-state index in [-0.39, 0.29) is 31.4 Å². The minimum atomic E-state index is -3.62. The number of carbonyl (C=O) groups is 2. The van der Waals surface area contributed by atoms with Crippen molar-refractivity contribution in [3.8, 4) is 11.1 Å². The standard InChI is InChI=1S/C36H40NO6P/c38-34(39)28(17-24-8-2-1-3-9-24)22-44(41,43-36-18-25-14-26(19-36)16-27(15-25)20-36)23-37-35(40)42-21-33-31-12-6-4-10-29(31)30-11-5-7-13-32(30)33/h1-13,25-28,33H,14-23H2,(H,37,40)(H,38,39). The number of ether oxygens (including phenoxy) is 1. The number of nitrogens with one attached hydrogen (secondary N) is 1. The second-order valence-corrected chi connectivity index (χ2v) is 16.1. The summed E-state index contributed by atoms with van der Waals surface area (Å²) in [6, 6.07) is 25.7. The molecule has 4 bridgehead atoms. The van der Waals surface area contributed by atoms with Gasteiger partial charge in [0.05, 0.1) is 17.8 Å². The third-order valence-electron chi connectivity index (χ3n) is 10.3. The molecule has 4 saturated carbocycles. The number of amides is 1. The van der Waals surface area contributed by atoms with E-state index in [0.29, 0.717) is 17.8 Å². The first-order chi connectivity index (χ1) is 21.3. The van der Waals surface area contributed by atoms with Gasteiger partial charge in [0.15, 0.2) is 0 Å². The first-order valence-corrected chi connectivity index (χ1v) is 17.9. The van der Waals surface area contributed by atoms with Crippen molar-refractivity contribution in [2.75, 3.05) is 19.1 Å². The Bertz CT molecular complexity index is 1510.